The van der Waals surface area contributed by atoms with Gasteiger partial charge in [0.05, 0.1) is 11.0 Å². The van der Waals surface area contributed by atoms with Crippen LogP contribution in [0.25, 0.3) is 16.0 Å². The quantitative estimate of drug-likeness (QED) is 0.552. The summed E-state index contributed by atoms with van der Waals surface area (Å²) in [6.45, 7) is 2.02. The monoisotopic (exact) mass is 206 g/mol. The summed E-state index contributed by atoms with van der Waals surface area (Å²) in [7, 11) is 0. The average Bonchev–Trinajstić information content (AvgIpc) is 2.66. The van der Waals surface area contributed by atoms with Gasteiger partial charge in [0.15, 0.2) is 4.96 Å². The van der Waals surface area contributed by atoms with E-state index in [2.05, 4.69) is 4.98 Å². The molecule has 0 unspecified atom stereocenters. The van der Waals surface area contributed by atoms with Crippen molar-refractivity contribution in [1.29, 1.82) is 0 Å². The number of halogens is 1. The highest BCUT2D eigenvalue weighted by molar-refractivity contribution is 7.15. The number of thiazole rings is 1. The Kier molecular flexibility index (Phi) is 1.44. The molecule has 0 amide bonds. The number of rotatable bonds is 0. The van der Waals surface area contributed by atoms with Gasteiger partial charge in [-0.1, -0.05) is 0 Å². The first-order chi connectivity index (χ1) is 6.75. The summed E-state index contributed by atoms with van der Waals surface area (Å²) in [6.07, 6.45) is 0. The zero-order chi connectivity index (χ0) is 9.71. The summed E-state index contributed by atoms with van der Waals surface area (Å²) < 4.78 is 15.0. The Morgan fingerprint density at radius 3 is 3.14 bits per heavy atom. The number of nitrogens with zero attached hydrogens (tertiary/aromatic N) is 2. The normalized spacial score (nSPS) is 11.6. The second kappa shape index (κ2) is 2.54. The molecule has 70 valence electrons. The van der Waals surface area contributed by atoms with Crippen molar-refractivity contribution in [3.8, 4) is 0 Å². The molecule has 2 nitrogen and oxygen atoms in total. The second-order valence-electron chi connectivity index (χ2n) is 3.24. The van der Waals surface area contributed by atoms with Crippen LogP contribution in [0.3, 0.4) is 0 Å². The van der Waals surface area contributed by atoms with Gasteiger partial charge in [-0.15, -0.1) is 11.3 Å². The zero-order valence-electron chi connectivity index (χ0n) is 7.49. The number of aryl methyl sites for hydroxylation is 1. The molecule has 0 bridgehead atoms. The Morgan fingerprint density at radius 2 is 2.29 bits per heavy atom. The van der Waals surface area contributed by atoms with E-state index in [1.54, 1.807) is 17.4 Å². The minimum Gasteiger partial charge on any atom is -0.288 e. The number of fused-ring (bicyclic) bond motifs is 3. The highest BCUT2D eigenvalue weighted by Crippen LogP contribution is 2.23. The molecule has 14 heavy (non-hydrogen) atoms. The predicted molar refractivity (Wildman–Crippen MR) is 55.3 cm³/mol. The third-order valence-electron chi connectivity index (χ3n) is 2.27. The second-order valence-corrected chi connectivity index (χ2v) is 4.08. The lowest BCUT2D eigenvalue weighted by Gasteiger charge is -1.92. The average molecular weight is 206 g/mol. The molecule has 4 heteroatoms. The highest BCUT2D eigenvalue weighted by atomic mass is 32.1. The van der Waals surface area contributed by atoms with Crippen LogP contribution in [0.15, 0.2) is 23.6 Å². The molecular formula is C10H7FN2S. The fourth-order valence-corrected chi connectivity index (χ4v) is 2.52. The maximum Gasteiger partial charge on any atom is 0.194 e. The topological polar surface area (TPSA) is 17.3 Å². The third-order valence-corrected chi connectivity index (χ3v) is 3.22. The number of benzene rings is 1. The van der Waals surface area contributed by atoms with Gasteiger partial charge >= 0.3 is 0 Å². The Hall–Kier alpha value is -1.42. The van der Waals surface area contributed by atoms with Crippen LogP contribution in [0.4, 0.5) is 4.39 Å². The summed E-state index contributed by atoms with van der Waals surface area (Å²) in [4.78, 5) is 5.26. The maximum absolute atomic E-state index is 12.9. The van der Waals surface area contributed by atoms with Gasteiger partial charge in [-0.2, -0.15) is 0 Å². The highest BCUT2D eigenvalue weighted by Gasteiger charge is 2.08. The molecule has 3 aromatic rings. The Morgan fingerprint density at radius 1 is 1.43 bits per heavy atom. The molecule has 0 N–H and O–H groups in total. The molecule has 0 spiro atoms. The fourth-order valence-electron chi connectivity index (χ4n) is 1.64. The van der Waals surface area contributed by atoms with Crippen molar-refractivity contribution in [2.45, 2.75) is 6.92 Å². The number of aromatic nitrogens is 2. The summed E-state index contributed by atoms with van der Waals surface area (Å²) >= 11 is 1.57. The molecule has 0 radical (unpaired) electrons. The molecule has 3 rings (SSSR count). The lowest BCUT2D eigenvalue weighted by molar-refractivity contribution is 0.629. The molecule has 0 atom stereocenters. The largest absolute Gasteiger partial charge is 0.288 e. The molecule has 0 aliphatic carbocycles. The van der Waals surface area contributed by atoms with E-state index >= 15 is 0 Å². The van der Waals surface area contributed by atoms with E-state index in [1.807, 2.05) is 16.7 Å². The van der Waals surface area contributed by atoms with Gasteiger partial charge in [-0.05, 0) is 19.1 Å². The van der Waals surface area contributed by atoms with Gasteiger partial charge in [0.2, 0.25) is 0 Å². The molecule has 0 saturated heterocycles. The van der Waals surface area contributed by atoms with Crippen molar-refractivity contribution in [2.75, 3.05) is 0 Å². The molecule has 2 aromatic heterocycles. The van der Waals surface area contributed by atoms with Gasteiger partial charge in [0.25, 0.3) is 0 Å². The van der Waals surface area contributed by atoms with Crippen molar-refractivity contribution in [1.82, 2.24) is 9.38 Å². The minimum atomic E-state index is -0.235. The van der Waals surface area contributed by atoms with Crippen molar-refractivity contribution in [3.63, 3.8) is 0 Å². The zero-order valence-corrected chi connectivity index (χ0v) is 8.31. The van der Waals surface area contributed by atoms with Gasteiger partial charge in [0.1, 0.15) is 5.82 Å². The maximum atomic E-state index is 12.9. The fraction of sp³-hybridized carbons (Fsp3) is 0.100. The van der Waals surface area contributed by atoms with Gasteiger partial charge in [-0.3, -0.25) is 4.40 Å². The van der Waals surface area contributed by atoms with E-state index in [0.717, 1.165) is 21.7 Å². The van der Waals surface area contributed by atoms with Crippen molar-refractivity contribution in [2.24, 2.45) is 0 Å². The summed E-state index contributed by atoms with van der Waals surface area (Å²) in [5.74, 6) is -0.235. The minimum absolute atomic E-state index is 0.235. The molecule has 2 heterocycles. The summed E-state index contributed by atoms with van der Waals surface area (Å²) in [5, 5.41) is 2.05. The molecular weight excluding hydrogens is 199 g/mol. The van der Waals surface area contributed by atoms with Crippen LogP contribution in [0, 0.1) is 12.7 Å². The Labute approximate surface area is 83.6 Å². The van der Waals surface area contributed by atoms with E-state index < -0.39 is 0 Å². The van der Waals surface area contributed by atoms with E-state index in [1.165, 1.54) is 12.1 Å². The molecule has 0 aliphatic rings. The van der Waals surface area contributed by atoms with Crippen LogP contribution in [0.2, 0.25) is 0 Å². The van der Waals surface area contributed by atoms with Crippen molar-refractivity contribution < 1.29 is 4.39 Å². The van der Waals surface area contributed by atoms with Crippen LogP contribution in [-0.4, -0.2) is 9.38 Å². The van der Waals surface area contributed by atoms with Gasteiger partial charge in [0, 0.05) is 17.1 Å². The van der Waals surface area contributed by atoms with Crippen LogP contribution < -0.4 is 0 Å². The number of hydrogen-bond acceptors (Lipinski definition) is 2. The van der Waals surface area contributed by atoms with Gasteiger partial charge in [-0.25, -0.2) is 9.37 Å². The van der Waals surface area contributed by atoms with Gasteiger partial charge < -0.3 is 0 Å². The number of hydrogen-bond donors (Lipinski definition) is 0. The van der Waals surface area contributed by atoms with E-state index in [4.69, 9.17) is 0 Å². The van der Waals surface area contributed by atoms with Crippen LogP contribution in [0.5, 0.6) is 0 Å². The first kappa shape index (κ1) is 7.94. The summed E-state index contributed by atoms with van der Waals surface area (Å²) in [5.41, 5.74) is 2.83. The Balaban J connectivity index is 2.58. The summed E-state index contributed by atoms with van der Waals surface area (Å²) in [6, 6.07) is 4.70. The van der Waals surface area contributed by atoms with Crippen LogP contribution in [-0.2, 0) is 0 Å². The standard InChI is InChI=1S/C10H7FN2S/c1-6-5-14-10-12-8-4-7(11)2-3-9(8)13(6)10/h2-5H,1H3. The van der Waals surface area contributed by atoms with Crippen molar-refractivity contribution in [3.05, 3.63) is 35.1 Å². The molecule has 0 aliphatic heterocycles. The smallest absolute Gasteiger partial charge is 0.194 e. The Bertz CT molecular complexity index is 623. The van der Waals surface area contributed by atoms with Crippen LogP contribution >= 0.6 is 11.3 Å². The number of imidazole rings is 1. The lowest BCUT2D eigenvalue weighted by Crippen LogP contribution is -1.82. The predicted octanol–water partition coefficient (Wildman–Crippen LogP) is 3.00. The van der Waals surface area contributed by atoms with E-state index in [9.17, 15) is 4.39 Å². The first-order valence-electron chi connectivity index (χ1n) is 4.27. The third kappa shape index (κ3) is 0.915. The van der Waals surface area contributed by atoms with E-state index in [-0.39, 0.29) is 5.82 Å². The first-order valence-corrected chi connectivity index (χ1v) is 5.15. The molecule has 1 aromatic carbocycles. The van der Waals surface area contributed by atoms with Crippen LogP contribution in [0.1, 0.15) is 5.69 Å². The SMILES string of the molecule is Cc1csc2nc3cc(F)ccc3n12. The van der Waals surface area contributed by atoms with Crippen molar-refractivity contribution >= 4 is 27.3 Å². The molecule has 0 fully saturated rings. The molecule has 0 saturated carbocycles. The van der Waals surface area contributed by atoms with E-state index in [0.29, 0.717) is 0 Å². The lowest BCUT2D eigenvalue weighted by atomic mass is 10.3.